The van der Waals surface area contributed by atoms with Gasteiger partial charge in [0, 0.05) is 22.3 Å². The summed E-state index contributed by atoms with van der Waals surface area (Å²) in [6.45, 7) is 0. The fraction of sp³-hybridized carbons (Fsp3) is 0.0455. The van der Waals surface area contributed by atoms with Gasteiger partial charge in [-0.25, -0.2) is 8.42 Å². The van der Waals surface area contributed by atoms with E-state index in [1.807, 2.05) is 30.3 Å². The molecule has 144 valence electrons. The van der Waals surface area contributed by atoms with E-state index in [0.717, 1.165) is 5.56 Å². The Hall–Kier alpha value is -3.60. The van der Waals surface area contributed by atoms with E-state index in [1.54, 1.807) is 18.2 Å². The summed E-state index contributed by atoms with van der Waals surface area (Å²) < 4.78 is 28.2. The van der Waals surface area contributed by atoms with Crippen molar-refractivity contribution < 1.29 is 18.3 Å². The number of hydrogen-bond donors (Lipinski definition) is 3. The molecule has 0 fully saturated rings. The zero-order chi connectivity index (χ0) is 20.4. The van der Waals surface area contributed by atoms with E-state index < -0.39 is 22.2 Å². The lowest BCUT2D eigenvalue weighted by atomic mass is 10.1. The smallest absolute Gasteiger partial charge is 0.261 e. The minimum absolute atomic E-state index is 0.0294. The molecule has 3 N–H and O–H groups in total. The number of anilines is 1. The van der Waals surface area contributed by atoms with E-state index in [-0.39, 0.29) is 21.7 Å². The van der Waals surface area contributed by atoms with Crippen molar-refractivity contribution >= 4 is 21.6 Å². The van der Waals surface area contributed by atoms with Crippen LogP contribution in [0.5, 0.6) is 0 Å². The van der Waals surface area contributed by atoms with Crippen molar-refractivity contribution in [1.82, 2.24) is 5.32 Å². The summed E-state index contributed by atoms with van der Waals surface area (Å²) in [5, 5.41) is 12.4. The molecule has 1 atom stereocenters. The summed E-state index contributed by atoms with van der Waals surface area (Å²) in [5.41, 5.74) is 1.96. The first kappa shape index (κ1) is 18.7. The van der Waals surface area contributed by atoms with Crippen LogP contribution in [-0.4, -0.2) is 19.4 Å². The number of sulfonamides is 1. The number of aliphatic hydroxyl groups excluding tert-OH is 1. The molecule has 1 heterocycles. The lowest BCUT2D eigenvalue weighted by Crippen LogP contribution is -2.19. The highest BCUT2D eigenvalue weighted by molar-refractivity contribution is 7.92. The molecule has 4 rings (SSSR count). The Bertz CT molecular complexity index is 1260. The fourth-order valence-corrected chi connectivity index (χ4v) is 4.16. The van der Waals surface area contributed by atoms with Crippen LogP contribution in [-0.2, 0) is 10.0 Å². The maximum atomic E-state index is 12.9. The Morgan fingerprint density at radius 2 is 1.59 bits per heavy atom. The van der Waals surface area contributed by atoms with E-state index in [1.165, 1.54) is 24.3 Å². The molecule has 6 nitrogen and oxygen atoms in total. The third kappa shape index (κ3) is 3.85. The molecule has 0 spiro atoms. The van der Waals surface area contributed by atoms with Crippen molar-refractivity contribution in [3.8, 4) is 11.8 Å². The number of carbonyl (C=O) groups is 1. The van der Waals surface area contributed by atoms with Crippen LogP contribution in [0, 0.1) is 11.8 Å². The maximum Gasteiger partial charge on any atom is 0.261 e. The number of amides is 1. The molecule has 29 heavy (non-hydrogen) atoms. The Morgan fingerprint density at radius 1 is 0.897 bits per heavy atom. The molecule has 0 bridgehead atoms. The summed E-state index contributed by atoms with van der Waals surface area (Å²) >= 11 is 0. The van der Waals surface area contributed by atoms with Crippen molar-refractivity contribution in [2.24, 2.45) is 0 Å². The van der Waals surface area contributed by atoms with Crippen LogP contribution in [0.2, 0.25) is 0 Å². The maximum absolute atomic E-state index is 12.9. The lowest BCUT2D eigenvalue weighted by molar-refractivity contribution is 0.0851. The molecule has 0 radical (unpaired) electrons. The standard InChI is InChI=1S/C22H16N2O4S/c25-21-18-10-5-11-19(20(18)22(26)23-21)24-29(27,28)17-9-4-8-16(14-17)13-12-15-6-2-1-3-7-15/h1-11,14,22,24,26H,(H,23,25). The summed E-state index contributed by atoms with van der Waals surface area (Å²) in [6.07, 6.45) is -1.26. The largest absolute Gasteiger partial charge is 0.369 e. The topological polar surface area (TPSA) is 95.5 Å². The zero-order valence-electron chi connectivity index (χ0n) is 15.1. The number of rotatable bonds is 3. The SMILES string of the molecule is O=C1NC(O)c2c(NS(=O)(=O)c3cccc(C#Cc4ccccc4)c3)cccc21. The van der Waals surface area contributed by atoms with Gasteiger partial charge >= 0.3 is 0 Å². The second kappa shape index (κ2) is 7.43. The predicted octanol–water partition coefficient (Wildman–Crippen LogP) is 2.62. The zero-order valence-corrected chi connectivity index (χ0v) is 15.9. The van der Waals surface area contributed by atoms with Gasteiger partial charge in [-0.05, 0) is 42.5 Å². The number of aliphatic hydroxyl groups is 1. The Labute approximate surface area is 168 Å². The quantitative estimate of drug-likeness (QED) is 0.585. The van der Waals surface area contributed by atoms with Gasteiger partial charge in [-0.2, -0.15) is 0 Å². The van der Waals surface area contributed by atoms with Gasteiger partial charge in [0.05, 0.1) is 10.6 Å². The van der Waals surface area contributed by atoms with Gasteiger partial charge in [0.2, 0.25) is 0 Å². The fourth-order valence-electron chi connectivity index (χ4n) is 3.03. The minimum Gasteiger partial charge on any atom is -0.369 e. The van der Waals surface area contributed by atoms with Crippen molar-refractivity contribution in [3.05, 3.63) is 95.1 Å². The van der Waals surface area contributed by atoms with Crippen LogP contribution in [0.1, 0.15) is 33.3 Å². The molecule has 1 aliphatic heterocycles. The summed E-state index contributed by atoms with van der Waals surface area (Å²) in [5.74, 6) is 5.49. The first-order valence-electron chi connectivity index (χ1n) is 8.76. The molecule has 7 heteroatoms. The number of hydrogen-bond acceptors (Lipinski definition) is 4. The van der Waals surface area contributed by atoms with Crippen molar-refractivity contribution in [3.63, 3.8) is 0 Å². The van der Waals surface area contributed by atoms with Crippen LogP contribution in [0.15, 0.2) is 77.7 Å². The van der Waals surface area contributed by atoms with Gasteiger partial charge < -0.3 is 10.4 Å². The van der Waals surface area contributed by atoms with Gasteiger partial charge in [-0.1, -0.05) is 42.2 Å². The normalized spacial score (nSPS) is 15.1. The highest BCUT2D eigenvalue weighted by Gasteiger charge is 2.30. The Kier molecular flexibility index (Phi) is 4.80. The van der Waals surface area contributed by atoms with Crippen molar-refractivity contribution in [2.75, 3.05) is 4.72 Å². The van der Waals surface area contributed by atoms with E-state index in [4.69, 9.17) is 0 Å². The van der Waals surface area contributed by atoms with Gasteiger partial charge in [0.1, 0.15) is 0 Å². The predicted molar refractivity (Wildman–Crippen MR) is 109 cm³/mol. The molecular weight excluding hydrogens is 388 g/mol. The van der Waals surface area contributed by atoms with E-state index in [2.05, 4.69) is 21.9 Å². The molecular formula is C22H16N2O4S. The molecule has 0 aromatic heterocycles. The van der Waals surface area contributed by atoms with Crippen LogP contribution in [0.4, 0.5) is 5.69 Å². The van der Waals surface area contributed by atoms with Gasteiger partial charge in [0.15, 0.2) is 6.23 Å². The summed E-state index contributed by atoms with van der Waals surface area (Å²) in [4.78, 5) is 11.9. The summed E-state index contributed by atoms with van der Waals surface area (Å²) in [6, 6.07) is 20.2. The monoisotopic (exact) mass is 404 g/mol. The number of carbonyl (C=O) groups excluding carboxylic acids is 1. The molecule has 3 aromatic rings. The van der Waals surface area contributed by atoms with Crippen LogP contribution < -0.4 is 10.0 Å². The average Bonchev–Trinajstić information content (AvgIpc) is 3.02. The number of fused-ring (bicyclic) bond motifs is 1. The second-order valence-corrected chi connectivity index (χ2v) is 8.07. The first-order chi connectivity index (χ1) is 13.9. The Balaban J connectivity index is 1.65. The molecule has 1 aliphatic rings. The highest BCUT2D eigenvalue weighted by atomic mass is 32.2. The molecule has 1 amide bonds. The number of nitrogens with one attached hydrogen (secondary N) is 2. The molecule has 0 saturated heterocycles. The Morgan fingerprint density at radius 3 is 2.38 bits per heavy atom. The molecule has 0 saturated carbocycles. The third-order valence-electron chi connectivity index (χ3n) is 4.41. The van der Waals surface area contributed by atoms with Crippen LogP contribution in [0.25, 0.3) is 0 Å². The van der Waals surface area contributed by atoms with Crippen LogP contribution >= 0.6 is 0 Å². The van der Waals surface area contributed by atoms with E-state index in [9.17, 15) is 18.3 Å². The van der Waals surface area contributed by atoms with Gasteiger partial charge in [-0.3, -0.25) is 9.52 Å². The van der Waals surface area contributed by atoms with Crippen molar-refractivity contribution in [2.45, 2.75) is 11.1 Å². The van der Waals surface area contributed by atoms with Crippen molar-refractivity contribution in [1.29, 1.82) is 0 Å². The lowest BCUT2D eigenvalue weighted by Gasteiger charge is -2.13. The number of benzene rings is 3. The van der Waals surface area contributed by atoms with Gasteiger partial charge in [-0.15, -0.1) is 0 Å². The second-order valence-electron chi connectivity index (χ2n) is 6.39. The minimum atomic E-state index is -3.95. The summed E-state index contributed by atoms with van der Waals surface area (Å²) in [7, 11) is -3.95. The first-order valence-corrected chi connectivity index (χ1v) is 10.2. The van der Waals surface area contributed by atoms with E-state index >= 15 is 0 Å². The highest BCUT2D eigenvalue weighted by Crippen LogP contribution is 2.32. The molecule has 0 aliphatic carbocycles. The van der Waals surface area contributed by atoms with E-state index in [0.29, 0.717) is 5.56 Å². The third-order valence-corrected chi connectivity index (χ3v) is 5.77. The van der Waals surface area contributed by atoms with Crippen LogP contribution in [0.3, 0.4) is 0 Å². The molecule has 3 aromatic carbocycles. The van der Waals surface area contributed by atoms with Gasteiger partial charge in [0.25, 0.3) is 15.9 Å². The molecule has 1 unspecified atom stereocenters. The average molecular weight is 404 g/mol.